The quantitative estimate of drug-likeness (QED) is 0.703. The number of likely N-dealkylation sites (N-methyl/N-ethyl adjacent to an activating group) is 1. The van der Waals surface area contributed by atoms with Gasteiger partial charge in [0.1, 0.15) is 0 Å². The van der Waals surface area contributed by atoms with Gasteiger partial charge in [-0.2, -0.15) is 0 Å². The van der Waals surface area contributed by atoms with E-state index in [-0.39, 0.29) is 0 Å². The summed E-state index contributed by atoms with van der Waals surface area (Å²) in [7, 11) is 2.21. The van der Waals surface area contributed by atoms with Crippen LogP contribution in [0.25, 0.3) is 0 Å². The van der Waals surface area contributed by atoms with Crippen LogP contribution in [0, 0.1) is 0 Å². The topological polar surface area (TPSA) is 18.5 Å². The number of rotatable bonds is 4. The molecule has 1 N–H and O–H groups in total. The Kier molecular flexibility index (Phi) is 3.42. The maximum absolute atomic E-state index is 3.61. The zero-order valence-electron chi connectivity index (χ0n) is 9.50. The normalized spacial score (nSPS) is 27.9. The summed E-state index contributed by atoms with van der Waals surface area (Å²) in [6.45, 7) is 8.46. The molecule has 0 amide bonds. The lowest BCUT2D eigenvalue weighted by Crippen LogP contribution is -2.50. The van der Waals surface area contributed by atoms with Crippen LogP contribution >= 0.6 is 0 Å². The second kappa shape index (κ2) is 4.60. The molecule has 1 saturated carbocycles. The first-order chi connectivity index (χ1) is 6.75. The van der Waals surface area contributed by atoms with E-state index in [0.29, 0.717) is 6.04 Å². The summed E-state index contributed by atoms with van der Waals surface area (Å²) in [5, 5.41) is 3.61. The van der Waals surface area contributed by atoms with Gasteiger partial charge in [0.05, 0.1) is 0 Å². The number of piperazine rings is 1. The predicted molar refractivity (Wildman–Crippen MR) is 59.6 cm³/mol. The van der Waals surface area contributed by atoms with Crippen molar-refractivity contribution >= 4 is 0 Å². The molecule has 0 aromatic heterocycles. The molecule has 0 spiro atoms. The number of nitrogens with zero attached hydrogens (tertiary/aromatic N) is 2. The molecule has 1 unspecified atom stereocenters. The van der Waals surface area contributed by atoms with Gasteiger partial charge in [0.25, 0.3) is 0 Å². The first-order valence-electron chi connectivity index (χ1n) is 5.91. The molecule has 0 bridgehead atoms. The minimum atomic E-state index is 0.712. The Morgan fingerprint density at radius 1 is 1.21 bits per heavy atom. The molecule has 1 saturated heterocycles. The van der Waals surface area contributed by atoms with Gasteiger partial charge >= 0.3 is 0 Å². The minimum Gasteiger partial charge on any atom is -0.312 e. The van der Waals surface area contributed by atoms with Gasteiger partial charge in [0.15, 0.2) is 0 Å². The molecule has 0 radical (unpaired) electrons. The van der Waals surface area contributed by atoms with Crippen molar-refractivity contribution in [2.75, 3.05) is 39.8 Å². The SMILES string of the molecule is CC(CNC1CC1)N1CCN(C)CC1. The zero-order chi connectivity index (χ0) is 9.97. The molecule has 1 aliphatic carbocycles. The highest BCUT2D eigenvalue weighted by Gasteiger charge is 2.23. The largest absolute Gasteiger partial charge is 0.312 e. The molecule has 2 rings (SSSR count). The van der Waals surface area contributed by atoms with Gasteiger partial charge in [-0.05, 0) is 26.8 Å². The summed E-state index contributed by atoms with van der Waals surface area (Å²) in [5.41, 5.74) is 0. The lowest BCUT2D eigenvalue weighted by molar-refractivity contribution is 0.117. The van der Waals surface area contributed by atoms with Crippen LogP contribution in [0.4, 0.5) is 0 Å². The third kappa shape index (κ3) is 2.94. The Morgan fingerprint density at radius 3 is 2.43 bits per heavy atom. The molecule has 14 heavy (non-hydrogen) atoms. The van der Waals surface area contributed by atoms with Crippen LogP contribution in [0.3, 0.4) is 0 Å². The van der Waals surface area contributed by atoms with Crippen LogP contribution in [0.2, 0.25) is 0 Å². The fraction of sp³-hybridized carbons (Fsp3) is 1.00. The van der Waals surface area contributed by atoms with E-state index in [0.717, 1.165) is 6.04 Å². The van der Waals surface area contributed by atoms with Crippen LogP contribution in [0.15, 0.2) is 0 Å². The lowest BCUT2D eigenvalue weighted by Gasteiger charge is -2.36. The summed E-state index contributed by atoms with van der Waals surface area (Å²) in [6, 6.07) is 1.56. The summed E-state index contributed by atoms with van der Waals surface area (Å²) in [6.07, 6.45) is 2.80. The summed E-state index contributed by atoms with van der Waals surface area (Å²) < 4.78 is 0. The molecule has 82 valence electrons. The van der Waals surface area contributed by atoms with Crippen molar-refractivity contribution in [1.29, 1.82) is 0 Å². The van der Waals surface area contributed by atoms with E-state index in [1.54, 1.807) is 0 Å². The first-order valence-corrected chi connectivity index (χ1v) is 5.91. The maximum Gasteiger partial charge on any atom is 0.0193 e. The predicted octanol–water partition coefficient (Wildman–Crippen LogP) is 0.374. The summed E-state index contributed by atoms with van der Waals surface area (Å²) in [4.78, 5) is 5.02. The van der Waals surface area contributed by atoms with E-state index in [2.05, 4.69) is 29.1 Å². The van der Waals surface area contributed by atoms with Gasteiger partial charge in [-0.3, -0.25) is 4.90 Å². The van der Waals surface area contributed by atoms with Gasteiger partial charge in [0.2, 0.25) is 0 Å². The number of nitrogens with one attached hydrogen (secondary N) is 1. The second-order valence-electron chi connectivity index (χ2n) is 4.87. The third-order valence-electron chi connectivity index (χ3n) is 3.44. The zero-order valence-corrected chi connectivity index (χ0v) is 9.50. The molecule has 3 heteroatoms. The highest BCUT2D eigenvalue weighted by molar-refractivity contribution is 4.84. The van der Waals surface area contributed by atoms with Gasteiger partial charge in [-0.1, -0.05) is 0 Å². The van der Waals surface area contributed by atoms with Gasteiger partial charge in [-0.25, -0.2) is 0 Å². The van der Waals surface area contributed by atoms with Crippen molar-refractivity contribution in [2.45, 2.75) is 31.8 Å². The molecule has 2 fully saturated rings. The average molecular weight is 197 g/mol. The third-order valence-corrected chi connectivity index (χ3v) is 3.44. The van der Waals surface area contributed by atoms with Crippen molar-refractivity contribution in [3.8, 4) is 0 Å². The van der Waals surface area contributed by atoms with Crippen molar-refractivity contribution in [3.63, 3.8) is 0 Å². The second-order valence-corrected chi connectivity index (χ2v) is 4.87. The van der Waals surface area contributed by atoms with E-state index in [4.69, 9.17) is 0 Å². The summed E-state index contributed by atoms with van der Waals surface area (Å²) in [5.74, 6) is 0. The molecule has 1 atom stereocenters. The molecule has 3 nitrogen and oxygen atoms in total. The van der Waals surface area contributed by atoms with Crippen molar-refractivity contribution in [1.82, 2.24) is 15.1 Å². The van der Waals surface area contributed by atoms with Crippen LogP contribution in [0.5, 0.6) is 0 Å². The smallest absolute Gasteiger partial charge is 0.0193 e. The van der Waals surface area contributed by atoms with E-state index >= 15 is 0 Å². The van der Waals surface area contributed by atoms with E-state index in [1.807, 2.05) is 0 Å². The van der Waals surface area contributed by atoms with Gasteiger partial charge < -0.3 is 10.2 Å². The highest BCUT2D eigenvalue weighted by Crippen LogP contribution is 2.18. The fourth-order valence-corrected chi connectivity index (χ4v) is 2.02. The summed E-state index contributed by atoms with van der Waals surface area (Å²) >= 11 is 0. The van der Waals surface area contributed by atoms with E-state index in [1.165, 1.54) is 45.6 Å². The Bertz CT molecular complexity index is 171. The Labute approximate surface area is 87.4 Å². The van der Waals surface area contributed by atoms with E-state index in [9.17, 15) is 0 Å². The van der Waals surface area contributed by atoms with E-state index < -0.39 is 0 Å². The average Bonchev–Trinajstić information content (AvgIpc) is 2.99. The molecular weight excluding hydrogens is 174 g/mol. The standard InChI is InChI=1S/C11H23N3/c1-10(9-12-11-3-4-11)14-7-5-13(2)6-8-14/h10-12H,3-9H2,1-2H3. The van der Waals surface area contributed by atoms with Gasteiger partial charge in [0, 0.05) is 44.8 Å². The minimum absolute atomic E-state index is 0.712. The van der Waals surface area contributed by atoms with Crippen LogP contribution in [-0.2, 0) is 0 Å². The van der Waals surface area contributed by atoms with Crippen LogP contribution in [0.1, 0.15) is 19.8 Å². The molecular formula is C11H23N3. The molecule has 1 heterocycles. The monoisotopic (exact) mass is 197 g/mol. The fourth-order valence-electron chi connectivity index (χ4n) is 2.02. The molecule has 1 aliphatic heterocycles. The first kappa shape index (κ1) is 10.4. The van der Waals surface area contributed by atoms with Crippen LogP contribution in [-0.4, -0.2) is 61.7 Å². The number of hydrogen-bond acceptors (Lipinski definition) is 3. The van der Waals surface area contributed by atoms with Gasteiger partial charge in [-0.15, -0.1) is 0 Å². The molecule has 2 aliphatic rings. The Balaban J connectivity index is 1.65. The molecule has 0 aromatic rings. The Hall–Kier alpha value is -0.120. The van der Waals surface area contributed by atoms with Crippen molar-refractivity contribution in [3.05, 3.63) is 0 Å². The lowest BCUT2D eigenvalue weighted by atomic mass is 10.2. The van der Waals surface area contributed by atoms with Crippen LogP contribution < -0.4 is 5.32 Å². The maximum atomic E-state index is 3.61. The van der Waals surface area contributed by atoms with Crippen molar-refractivity contribution < 1.29 is 0 Å². The highest BCUT2D eigenvalue weighted by atomic mass is 15.3. The van der Waals surface area contributed by atoms with Crippen molar-refractivity contribution in [2.24, 2.45) is 0 Å². The Morgan fingerprint density at radius 2 is 1.86 bits per heavy atom. The number of hydrogen-bond donors (Lipinski definition) is 1. The molecule has 0 aromatic carbocycles.